The molecule has 1 aromatic carbocycles. The van der Waals surface area contributed by atoms with Crippen LogP contribution in [-0.4, -0.2) is 43.4 Å². The van der Waals surface area contributed by atoms with Gasteiger partial charge in [0.25, 0.3) is 0 Å². The second kappa shape index (κ2) is 5.35. The van der Waals surface area contributed by atoms with Crippen molar-refractivity contribution >= 4 is 11.9 Å². The van der Waals surface area contributed by atoms with Crippen LogP contribution < -0.4 is 0 Å². The largest absolute Gasteiger partial charge is 0.479 e. The molecule has 1 unspecified atom stereocenters. The van der Waals surface area contributed by atoms with Gasteiger partial charge in [0.2, 0.25) is 5.91 Å². The van der Waals surface area contributed by atoms with Crippen LogP contribution in [0.5, 0.6) is 0 Å². The first-order valence-corrected chi connectivity index (χ1v) is 6.61. The van der Waals surface area contributed by atoms with E-state index in [1.807, 2.05) is 12.1 Å². The number of carbonyl (C=O) groups excluding carboxylic acids is 1. The predicted octanol–water partition coefficient (Wildman–Crippen LogP) is 0.489. The van der Waals surface area contributed by atoms with Gasteiger partial charge in [-0.2, -0.15) is 0 Å². The number of aromatic nitrogens is 3. The minimum Gasteiger partial charge on any atom is -0.479 e. The van der Waals surface area contributed by atoms with Gasteiger partial charge in [-0.15, -0.1) is 5.10 Å². The van der Waals surface area contributed by atoms with E-state index in [-0.39, 0.29) is 12.5 Å². The average Bonchev–Trinajstić information content (AvgIpc) is 2.98. The topological polar surface area (TPSA) is 88.3 Å². The minimum atomic E-state index is -1.02. The van der Waals surface area contributed by atoms with Gasteiger partial charge in [0.1, 0.15) is 6.54 Å². The zero-order chi connectivity index (χ0) is 14.8. The van der Waals surface area contributed by atoms with E-state index in [4.69, 9.17) is 0 Å². The van der Waals surface area contributed by atoms with Crippen molar-refractivity contribution in [2.45, 2.75) is 19.0 Å². The number of carbonyl (C=O) groups is 2. The summed E-state index contributed by atoms with van der Waals surface area (Å²) < 4.78 is 1.39. The molecule has 1 atom stereocenters. The highest BCUT2D eigenvalue weighted by atomic mass is 16.4. The van der Waals surface area contributed by atoms with Crippen molar-refractivity contribution in [1.29, 1.82) is 0 Å². The van der Waals surface area contributed by atoms with Gasteiger partial charge in [0, 0.05) is 12.7 Å². The van der Waals surface area contributed by atoms with E-state index in [9.17, 15) is 14.7 Å². The normalized spacial score (nSPS) is 17.3. The number of carboxylic acids is 1. The summed E-state index contributed by atoms with van der Waals surface area (Å²) in [5, 5.41) is 16.9. The van der Waals surface area contributed by atoms with Crippen molar-refractivity contribution in [3.05, 3.63) is 47.8 Å². The van der Waals surface area contributed by atoms with E-state index in [1.165, 1.54) is 15.8 Å². The first kappa shape index (κ1) is 13.3. The lowest BCUT2D eigenvalue weighted by Gasteiger charge is -2.34. The fourth-order valence-corrected chi connectivity index (χ4v) is 2.65. The third-order valence-electron chi connectivity index (χ3n) is 3.61. The predicted molar refractivity (Wildman–Crippen MR) is 72.3 cm³/mol. The van der Waals surface area contributed by atoms with Crippen LogP contribution in [0.1, 0.15) is 17.2 Å². The van der Waals surface area contributed by atoms with E-state index < -0.39 is 12.0 Å². The molecule has 2 aromatic rings. The Balaban J connectivity index is 1.88. The fourth-order valence-electron chi connectivity index (χ4n) is 2.65. The Morgan fingerprint density at radius 2 is 2.14 bits per heavy atom. The van der Waals surface area contributed by atoms with E-state index in [1.54, 1.807) is 18.3 Å². The van der Waals surface area contributed by atoms with E-state index >= 15 is 0 Å². The molecule has 3 rings (SSSR count). The SMILES string of the molecule is O=C(O)C1c2ccccc2CCN1C(=O)Cn1ccnn1. The second-order valence-electron chi connectivity index (χ2n) is 4.88. The van der Waals surface area contributed by atoms with Crippen molar-refractivity contribution in [3.63, 3.8) is 0 Å². The maximum absolute atomic E-state index is 12.4. The molecule has 108 valence electrons. The van der Waals surface area contributed by atoms with Crippen LogP contribution in [0, 0.1) is 0 Å². The van der Waals surface area contributed by atoms with Crippen molar-refractivity contribution in [2.75, 3.05) is 6.54 Å². The minimum absolute atomic E-state index is 0.00799. The summed E-state index contributed by atoms with van der Waals surface area (Å²) in [4.78, 5) is 25.4. The van der Waals surface area contributed by atoms with Crippen LogP contribution in [0.15, 0.2) is 36.7 Å². The summed E-state index contributed by atoms with van der Waals surface area (Å²) in [5.74, 6) is -1.29. The number of hydrogen-bond donors (Lipinski definition) is 1. The molecule has 2 heterocycles. The van der Waals surface area contributed by atoms with Gasteiger partial charge in [0.05, 0.1) is 6.20 Å². The number of carboxylic acid groups (broad SMARTS) is 1. The molecule has 0 bridgehead atoms. The highest BCUT2D eigenvalue weighted by molar-refractivity contribution is 5.85. The zero-order valence-corrected chi connectivity index (χ0v) is 11.2. The summed E-state index contributed by atoms with van der Waals surface area (Å²) in [6.07, 6.45) is 3.71. The molecule has 0 fully saturated rings. The number of fused-ring (bicyclic) bond motifs is 1. The van der Waals surface area contributed by atoms with E-state index in [2.05, 4.69) is 10.3 Å². The summed E-state index contributed by atoms with van der Waals surface area (Å²) >= 11 is 0. The smallest absolute Gasteiger partial charge is 0.331 e. The van der Waals surface area contributed by atoms with Gasteiger partial charge in [-0.25, -0.2) is 9.48 Å². The summed E-state index contributed by atoms with van der Waals surface area (Å²) in [6.45, 7) is 0.382. The van der Waals surface area contributed by atoms with Crippen LogP contribution in [0.25, 0.3) is 0 Å². The Kier molecular flexibility index (Phi) is 3.39. The quantitative estimate of drug-likeness (QED) is 0.887. The molecule has 1 aliphatic heterocycles. The molecule has 0 saturated carbocycles. The standard InChI is InChI=1S/C14H14N4O3/c19-12(9-17-8-6-15-16-17)18-7-5-10-3-1-2-4-11(10)13(18)14(20)21/h1-4,6,8,13H,5,7,9H2,(H,20,21). The van der Waals surface area contributed by atoms with Crippen LogP contribution >= 0.6 is 0 Å². The van der Waals surface area contributed by atoms with Gasteiger partial charge in [0.15, 0.2) is 6.04 Å². The van der Waals surface area contributed by atoms with E-state index in [0.29, 0.717) is 18.5 Å². The van der Waals surface area contributed by atoms with Gasteiger partial charge >= 0.3 is 5.97 Å². The molecular weight excluding hydrogens is 272 g/mol. The van der Waals surface area contributed by atoms with Crippen LogP contribution in [0.2, 0.25) is 0 Å². The lowest BCUT2D eigenvalue weighted by atomic mass is 9.92. The molecule has 1 aliphatic rings. The van der Waals surface area contributed by atoms with Gasteiger partial charge < -0.3 is 10.0 Å². The lowest BCUT2D eigenvalue weighted by molar-refractivity contribution is -0.151. The molecule has 0 aliphatic carbocycles. The van der Waals surface area contributed by atoms with Crippen LogP contribution in [-0.2, 0) is 22.6 Å². The van der Waals surface area contributed by atoms with Crippen molar-refractivity contribution in [3.8, 4) is 0 Å². The number of aliphatic carboxylic acids is 1. The monoisotopic (exact) mass is 286 g/mol. The third kappa shape index (κ3) is 2.49. The summed E-state index contributed by atoms with van der Waals surface area (Å²) in [5.41, 5.74) is 1.66. The van der Waals surface area contributed by atoms with Crippen molar-refractivity contribution in [2.24, 2.45) is 0 Å². The Bertz CT molecular complexity index is 669. The molecule has 0 spiro atoms. The number of amides is 1. The zero-order valence-electron chi connectivity index (χ0n) is 11.2. The number of benzene rings is 1. The third-order valence-corrected chi connectivity index (χ3v) is 3.61. The highest BCUT2D eigenvalue weighted by Gasteiger charge is 2.35. The molecule has 1 N–H and O–H groups in total. The van der Waals surface area contributed by atoms with Gasteiger partial charge in [-0.1, -0.05) is 29.5 Å². The molecule has 21 heavy (non-hydrogen) atoms. The molecule has 0 saturated heterocycles. The molecule has 1 amide bonds. The number of hydrogen-bond acceptors (Lipinski definition) is 4. The Hall–Kier alpha value is -2.70. The van der Waals surface area contributed by atoms with Crippen LogP contribution in [0.3, 0.4) is 0 Å². The lowest BCUT2D eigenvalue weighted by Crippen LogP contribution is -2.44. The maximum Gasteiger partial charge on any atom is 0.331 e. The second-order valence-corrected chi connectivity index (χ2v) is 4.88. The number of nitrogens with zero attached hydrogens (tertiary/aromatic N) is 4. The van der Waals surface area contributed by atoms with Crippen LogP contribution in [0.4, 0.5) is 0 Å². The van der Waals surface area contributed by atoms with Gasteiger partial charge in [-0.3, -0.25) is 4.79 Å². The van der Waals surface area contributed by atoms with E-state index in [0.717, 1.165) is 5.56 Å². The summed E-state index contributed by atoms with van der Waals surface area (Å²) in [6, 6.07) is 6.41. The Morgan fingerprint density at radius 1 is 1.33 bits per heavy atom. The van der Waals surface area contributed by atoms with Crippen molar-refractivity contribution < 1.29 is 14.7 Å². The Labute approximate surface area is 120 Å². The highest BCUT2D eigenvalue weighted by Crippen LogP contribution is 2.30. The summed E-state index contributed by atoms with van der Waals surface area (Å²) in [7, 11) is 0. The molecular formula is C14H14N4O3. The maximum atomic E-state index is 12.4. The van der Waals surface area contributed by atoms with Crippen molar-refractivity contribution in [1.82, 2.24) is 19.9 Å². The molecule has 7 nitrogen and oxygen atoms in total. The number of rotatable bonds is 3. The Morgan fingerprint density at radius 3 is 2.86 bits per heavy atom. The molecule has 1 aromatic heterocycles. The average molecular weight is 286 g/mol. The molecule has 0 radical (unpaired) electrons. The first-order chi connectivity index (χ1) is 10.2. The first-order valence-electron chi connectivity index (χ1n) is 6.61. The molecule has 7 heteroatoms. The fraction of sp³-hybridized carbons (Fsp3) is 0.286. The van der Waals surface area contributed by atoms with Gasteiger partial charge in [-0.05, 0) is 17.5 Å².